The Kier molecular flexibility index (Phi) is 27.9. The zero-order valence-corrected chi connectivity index (χ0v) is 50.8. The van der Waals surface area contributed by atoms with Gasteiger partial charge in [0.1, 0.15) is 12.1 Å². The van der Waals surface area contributed by atoms with E-state index in [0.29, 0.717) is 57.5 Å². The summed E-state index contributed by atoms with van der Waals surface area (Å²) in [4.78, 5) is 104. The van der Waals surface area contributed by atoms with Gasteiger partial charge in [0.15, 0.2) is 6.29 Å². The normalized spacial score (nSPS) is 19.3. The number of aliphatic hydroxyl groups is 2. The van der Waals surface area contributed by atoms with Crippen molar-refractivity contribution in [3.63, 3.8) is 0 Å². The van der Waals surface area contributed by atoms with Crippen molar-refractivity contribution in [3.8, 4) is 0 Å². The van der Waals surface area contributed by atoms with Crippen LogP contribution in [0.25, 0.3) is 0 Å². The van der Waals surface area contributed by atoms with Crippen LogP contribution in [-0.2, 0) is 49.5 Å². The van der Waals surface area contributed by atoms with Crippen LogP contribution in [0.4, 0.5) is 0 Å². The number of benzene rings is 1. The molecule has 4 N–H and O–H groups in total. The van der Waals surface area contributed by atoms with Gasteiger partial charge in [-0.15, -0.1) is 0 Å². The molecule has 2 saturated heterocycles. The fraction of sp³-hybridized carbons (Fsp3) is 0.787. The Bertz CT molecular complexity index is 2090. The van der Waals surface area contributed by atoms with E-state index >= 15 is 0 Å². The molecule has 0 aliphatic carbocycles. The van der Waals surface area contributed by atoms with E-state index in [1.165, 1.54) is 29.6 Å². The van der Waals surface area contributed by atoms with Crippen LogP contribution < -0.4 is 10.6 Å². The fourth-order valence-corrected chi connectivity index (χ4v) is 12.1. The van der Waals surface area contributed by atoms with Crippen molar-refractivity contribution in [2.24, 2.45) is 35.0 Å². The van der Waals surface area contributed by atoms with Gasteiger partial charge in [-0.3, -0.25) is 38.5 Å². The monoisotopic (exact) mass is 1100 g/mol. The summed E-state index contributed by atoms with van der Waals surface area (Å²) in [5.74, 6) is -3.39. The molecule has 17 heteroatoms. The van der Waals surface area contributed by atoms with Crippen molar-refractivity contribution >= 4 is 41.4 Å². The first kappa shape index (κ1) is 67.8. The minimum atomic E-state index is -1.82. The number of likely N-dealkylation sites (tertiary alicyclic amines) is 2. The Morgan fingerprint density at radius 2 is 1.50 bits per heavy atom. The summed E-state index contributed by atoms with van der Waals surface area (Å²) in [7, 11) is 6.31. The Labute approximate surface area is 469 Å². The largest absolute Gasteiger partial charge is 0.379 e. The first-order valence-corrected chi connectivity index (χ1v) is 29.5. The van der Waals surface area contributed by atoms with Gasteiger partial charge >= 0.3 is 0 Å². The maximum absolute atomic E-state index is 14.7. The van der Waals surface area contributed by atoms with Gasteiger partial charge in [-0.25, -0.2) is 0 Å². The van der Waals surface area contributed by atoms with Crippen molar-refractivity contribution in [1.29, 1.82) is 0 Å². The minimum absolute atomic E-state index is 0.0706. The number of likely N-dealkylation sites (N-methyl/N-ethyl adjacent to an activating group) is 2. The van der Waals surface area contributed by atoms with Crippen LogP contribution in [0.15, 0.2) is 24.3 Å². The summed E-state index contributed by atoms with van der Waals surface area (Å²) in [5.41, 5.74) is 1.79. The van der Waals surface area contributed by atoms with Crippen molar-refractivity contribution < 1.29 is 53.2 Å². The molecule has 2 aliphatic heterocycles. The highest BCUT2D eigenvalue weighted by Crippen LogP contribution is 2.40. The van der Waals surface area contributed by atoms with E-state index in [1.807, 2.05) is 53.7 Å². The highest BCUT2D eigenvalue weighted by atomic mass is 16.5. The number of amides is 7. The number of nitrogens with zero attached hydrogens (tertiary/aromatic N) is 4. The molecule has 1 aromatic carbocycles. The quantitative estimate of drug-likeness (QED) is 0.0299. The average molecular weight is 1100 g/mol. The van der Waals surface area contributed by atoms with E-state index < -0.39 is 66.4 Å². The number of rotatable bonds is 34. The molecule has 0 aromatic heterocycles. The number of imide groups is 1. The molecule has 17 nitrogen and oxygen atoms in total. The number of aliphatic hydroxyl groups excluding tert-OH is 1. The number of hydrogen-bond donors (Lipinski definition) is 4. The number of methoxy groups -OCH3 is 2. The maximum Gasteiger partial charge on any atom is 0.245 e. The van der Waals surface area contributed by atoms with Crippen molar-refractivity contribution in [3.05, 3.63) is 35.4 Å². The van der Waals surface area contributed by atoms with Crippen LogP contribution in [0, 0.1) is 35.0 Å². The number of hydrogen-bond acceptors (Lipinski definition) is 11. The third-order valence-electron chi connectivity index (χ3n) is 17.4. The molecule has 2 aliphatic rings. The summed E-state index contributed by atoms with van der Waals surface area (Å²) in [6.45, 7) is 24.4. The maximum atomic E-state index is 14.7. The van der Waals surface area contributed by atoms with Crippen LogP contribution in [0.2, 0.25) is 0 Å². The predicted molar refractivity (Wildman–Crippen MR) is 305 cm³/mol. The van der Waals surface area contributed by atoms with Gasteiger partial charge in [0.2, 0.25) is 41.4 Å². The predicted octanol–water partition coefficient (Wildman–Crippen LogP) is 7.62. The van der Waals surface area contributed by atoms with E-state index in [1.54, 1.807) is 30.8 Å². The molecule has 3 rings (SSSR count). The van der Waals surface area contributed by atoms with E-state index in [9.17, 15) is 43.8 Å². The molecule has 1 aromatic rings. The van der Waals surface area contributed by atoms with Crippen LogP contribution >= 0.6 is 0 Å². The number of carbonyl (C=O) groups excluding carboxylic acids is 7. The molecule has 2 heterocycles. The van der Waals surface area contributed by atoms with Crippen LogP contribution in [0.5, 0.6) is 0 Å². The summed E-state index contributed by atoms with van der Waals surface area (Å²) in [6, 6.07) is 4.14. The SMILES string of the molecule is CCCCC(C)(C)C1CC(=O)N(CCCCCC(=O)N(C)[C@H](C(=O)N[C@H](C(=O)N(C)[C@@H]([C@@H](C)CC)[C@@H](CC(=O)N2CCC[C@H]2[C@H](OC)[C@@H](C)C(=O)N[C@@H](Cc2cccc(C(CC)CC)c2)C(O)O)OC)C(C)C)C(C)C)C1=O. The molecule has 78 heavy (non-hydrogen) atoms. The van der Waals surface area contributed by atoms with Crippen LogP contribution in [0.3, 0.4) is 0 Å². The second-order valence-electron chi connectivity index (χ2n) is 24.0. The zero-order valence-electron chi connectivity index (χ0n) is 50.8. The van der Waals surface area contributed by atoms with Gasteiger partial charge in [0.25, 0.3) is 0 Å². The van der Waals surface area contributed by atoms with Gasteiger partial charge in [-0.05, 0) is 91.6 Å². The van der Waals surface area contributed by atoms with E-state index in [4.69, 9.17) is 9.47 Å². The molecule has 10 atom stereocenters. The average Bonchev–Trinajstić information content (AvgIpc) is 4.01. The molecule has 2 fully saturated rings. The summed E-state index contributed by atoms with van der Waals surface area (Å²) < 4.78 is 12.1. The highest BCUT2D eigenvalue weighted by molar-refractivity contribution is 6.04. The van der Waals surface area contributed by atoms with E-state index in [0.717, 1.165) is 37.7 Å². The summed E-state index contributed by atoms with van der Waals surface area (Å²) in [6.07, 6.45) is 5.79. The van der Waals surface area contributed by atoms with Crippen LogP contribution in [0.1, 0.15) is 190 Å². The second-order valence-corrected chi connectivity index (χ2v) is 24.0. The molecule has 0 bridgehead atoms. The number of nitrogens with one attached hydrogen (secondary N) is 2. The lowest BCUT2D eigenvalue weighted by Crippen LogP contribution is -2.60. The fourth-order valence-electron chi connectivity index (χ4n) is 12.1. The van der Waals surface area contributed by atoms with Gasteiger partial charge in [-0.2, -0.15) is 0 Å². The van der Waals surface area contributed by atoms with Gasteiger partial charge in [0, 0.05) is 54.2 Å². The van der Waals surface area contributed by atoms with Crippen molar-refractivity contribution in [2.45, 2.75) is 234 Å². The smallest absolute Gasteiger partial charge is 0.245 e. The molecule has 0 spiro atoms. The lowest BCUT2D eigenvalue weighted by Gasteiger charge is -2.41. The summed E-state index contributed by atoms with van der Waals surface area (Å²) >= 11 is 0. The van der Waals surface area contributed by atoms with Gasteiger partial charge in [0.05, 0.1) is 48.6 Å². The van der Waals surface area contributed by atoms with Gasteiger partial charge < -0.3 is 45.0 Å². The lowest BCUT2D eigenvalue weighted by atomic mass is 9.74. The highest BCUT2D eigenvalue weighted by Gasteiger charge is 2.47. The molecule has 0 saturated carbocycles. The first-order chi connectivity index (χ1) is 36.8. The second kappa shape index (κ2) is 32.1. The standard InChI is InChI=1S/C61H104N6O11/c1-17-21-31-61(11,12)45-36-50(69)67(58(45)73)32-24-22-23-30-49(68)64(13)53(39(7)8)57(72)63-52(38(5)6)59(74)65(14)54(40(9)18-2)48(77-15)37-51(70)66-33-26-29-47(66)55(78-16)41(10)56(71)62-46(60(75)76)35-42-27-25-28-44(34-42)43(19-3)20-4/h25,27-28,34,38-41,43,45-48,52-55,60,75-76H,17-24,26,29-33,35-37H2,1-16H3,(H,62,71)(H,63,72)/t40-,41+,45?,46-,47-,48+,52-,53-,54-,55+/m0/s1. The van der Waals surface area contributed by atoms with E-state index in [2.05, 4.69) is 57.4 Å². The summed E-state index contributed by atoms with van der Waals surface area (Å²) in [5, 5.41) is 26.7. The molecule has 0 radical (unpaired) electrons. The number of carbonyl (C=O) groups is 7. The number of unbranched alkanes of at least 4 members (excludes halogenated alkanes) is 3. The number of ether oxygens (including phenoxy) is 2. The van der Waals surface area contributed by atoms with Gasteiger partial charge in [-0.1, -0.05) is 133 Å². The van der Waals surface area contributed by atoms with Crippen molar-refractivity contribution in [2.75, 3.05) is 41.4 Å². The molecular formula is C61H104N6O11. The third kappa shape index (κ3) is 18.0. The molecule has 1 unspecified atom stereocenters. The van der Waals surface area contributed by atoms with Crippen molar-refractivity contribution in [1.82, 2.24) is 30.2 Å². The minimum Gasteiger partial charge on any atom is -0.379 e. The lowest BCUT2D eigenvalue weighted by molar-refractivity contribution is -0.149. The first-order valence-electron chi connectivity index (χ1n) is 29.5. The molecule has 7 amide bonds. The van der Waals surface area contributed by atoms with E-state index in [-0.39, 0.29) is 84.3 Å². The zero-order chi connectivity index (χ0) is 58.8. The van der Waals surface area contributed by atoms with Crippen LogP contribution in [-0.4, -0.2) is 161 Å². The Balaban J connectivity index is 1.69. The Hall–Kier alpha value is -4.45. The topological polar surface area (TPSA) is 215 Å². The molecule has 444 valence electrons. The Morgan fingerprint density at radius 1 is 0.833 bits per heavy atom. The Morgan fingerprint density at radius 3 is 2.06 bits per heavy atom. The molecular weight excluding hydrogens is 993 g/mol. The third-order valence-corrected chi connectivity index (χ3v) is 17.4.